The van der Waals surface area contributed by atoms with Crippen molar-refractivity contribution in [2.75, 3.05) is 30.3 Å². The molecule has 0 amide bonds. The number of fused-ring (bicyclic) bond motifs is 3. The van der Waals surface area contributed by atoms with E-state index in [-0.39, 0.29) is 0 Å². The number of nitrogens with one attached hydrogen (secondary N) is 1. The Hall–Kier alpha value is -0.950. The van der Waals surface area contributed by atoms with E-state index in [0.717, 1.165) is 38.0 Å². The molecule has 2 aliphatic rings. The van der Waals surface area contributed by atoms with E-state index < -0.39 is 11.7 Å². The molecule has 1 aromatic heterocycles. The number of nitrogens with zero attached hydrogens (tertiary/aromatic N) is 2. The van der Waals surface area contributed by atoms with Crippen LogP contribution >= 0.6 is 11.8 Å². The van der Waals surface area contributed by atoms with E-state index >= 15 is 0 Å². The van der Waals surface area contributed by atoms with Gasteiger partial charge in [-0.2, -0.15) is 13.2 Å². The number of aromatic nitrogens is 1. The zero-order chi connectivity index (χ0) is 13.5. The summed E-state index contributed by atoms with van der Waals surface area (Å²) in [5, 5.41) is 3.32. The number of pyridine rings is 1. The minimum absolute atomic E-state index is 0.340. The first-order valence-corrected chi connectivity index (χ1v) is 7.21. The van der Waals surface area contributed by atoms with Crippen LogP contribution in [0.3, 0.4) is 0 Å². The number of anilines is 1. The number of piperazine rings is 1. The monoisotopic (exact) mass is 289 g/mol. The zero-order valence-electron chi connectivity index (χ0n) is 10.2. The van der Waals surface area contributed by atoms with Crippen molar-refractivity contribution in [3.63, 3.8) is 0 Å². The van der Waals surface area contributed by atoms with Gasteiger partial charge in [0.2, 0.25) is 0 Å². The van der Waals surface area contributed by atoms with E-state index in [4.69, 9.17) is 0 Å². The van der Waals surface area contributed by atoms with Crippen LogP contribution in [0.2, 0.25) is 0 Å². The zero-order valence-corrected chi connectivity index (χ0v) is 11.0. The van der Waals surface area contributed by atoms with Crippen LogP contribution in [-0.2, 0) is 6.18 Å². The minimum atomic E-state index is -4.32. The van der Waals surface area contributed by atoms with Gasteiger partial charge in [0, 0.05) is 37.6 Å². The summed E-state index contributed by atoms with van der Waals surface area (Å²) >= 11 is 1.47. The fourth-order valence-corrected chi connectivity index (χ4v) is 3.64. The number of alkyl halides is 3. The SMILES string of the molecule is FC(F)(F)c1cnc2c(c1)SCC[C@@H]1CNCCN21. The van der Waals surface area contributed by atoms with Crippen LogP contribution in [0.15, 0.2) is 17.2 Å². The highest BCUT2D eigenvalue weighted by molar-refractivity contribution is 7.99. The summed E-state index contributed by atoms with van der Waals surface area (Å²) in [6, 6.07) is 1.57. The topological polar surface area (TPSA) is 28.2 Å². The second-order valence-electron chi connectivity index (χ2n) is 4.73. The van der Waals surface area contributed by atoms with Gasteiger partial charge in [-0.15, -0.1) is 11.8 Å². The van der Waals surface area contributed by atoms with Crippen molar-refractivity contribution in [3.05, 3.63) is 17.8 Å². The van der Waals surface area contributed by atoms with Crippen LogP contribution in [-0.4, -0.2) is 36.4 Å². The molecule has 0 aliphatic carbocycles. The van der Waals surface area contributed by atoms with Crippen LogP contribution in [0.5, 0.6) is 0 Å². The van der Waals surface area contributed by atoms with Gasteiger partial charge in [0.15, 0.2) is 0 Å². The molecule has 0 aromatic carbocycles. The van der Waals surface area contributed by atoms with Crippen molar-refractivity contribution in [2.45, 2.75) is 23.5 Å². The standard InChI is InChI=1S/C12H14F3N3S/c13-12(14,15)8-5-10-11(17-6-8)18-3-2-16-7-9(18)1-4-19-10/h5-6,9,16H,1-4,7H2/t9-/m1/s1. The van der Waals surface area contributed by atoms with Crippen LogP contribution in [0, 0.1) is 0 Å². The summed E-state index contributed by atoms with van der Waals surface area (Å²) in [5.41, 5.74) is -0.660. The van der Waals surface area contributed by atoms with Gasteiger partial charge in [0.1, 0.15) is 5.82 Å². The quantitative estimate of drug-likeness (QED) is 0.794. The van der Waals surface area contributed by atoms with Gasteiger partial charge in [-0.3, -0.25) is 0 Å². The highest BCUT2D eigenvalue weighted by Gasteiger charge is 2.34. The van der Waals surface area contributed by atoms with E-state index in [0.29, 0.717) is 16.8 Å². The van der Waals surface area contributed by atoms with Gasteiger partial charge in [-0.05, 0) is 12.5 Å². The fraction of sp³-hybridized carbons (Fsp3) is 0.583. The van der Waals surface area contributed by atoms with E-state index in [1.54, 1.807) is 0 Å². The third-order valence-corrected chi connectivity index (χ3v) is 4.54. The summed E-state index contributed by atoms with van der Waals surface area (Å²) in [6.07, 6.45) is -2.41. The molecule has 104 valence electrons. The summed E-state index contributed by atoms with van der Waals surface area (Å²) in [7, 11) is 0. The second kappa shape index (κ2) is 4.86. The lowest BCUT2D eigenvalue weighted by atomic mass is 10.1. The maximum absolute atomic E-state index is 12.7. The lowest BCUT2D eigenvalue weighted by molar-refractivity contribution is -0.138. The number of hydrogen-bond acceptors (Lipinski definition) is 4. The summed E-state index contributed by atoms with van der Waals surface area (Å²) < 4.78 is 38.2. The Kier molecular flexibility index (Phi) is 3.34. The Bertz CT molecular complexity index is 478. The molecule has 2 aliphatic heterocycles. The third-order valence-electron chi connectivity index (χ3n) is 3.49. The second-order valence-corrected chi connectivity index (χ2v) is 5.87. The van der Waals surface area contributed by atoms with Gasteiger partial charge in [0.05, 0.1) is 10.5 Å². The molecule has 19 heavy (non-hydrogen) atoms. The van der Waals surface area contributed by atoms with Gasteiger partial charge >= 0.3 is 6.18 Å². The summed E-state index contributed by atoms with van der Waals surface area (Å²) in [6.45, 7) is 2.53. The van der Waals surface area contributed by atoms with E-state index in [9.17, 15) is 13.2 Å². The summed E-state index contributed by atoms with van der Waals surface area (Å²) in [4.78, 5) is 6.88. The number of thioether (sulfide) groups is 1. The molecule has 1 aromatic rings. The normalized spacial score (nSPS) is 23.5. The van der Waals surface area contributed by atoms with E-state index in [1.807, 2.05) is 0 Å². The first-order chi connectivity index (χ1) is 9.05. The van der Waals surface area contributed by atoms with Crippen molar-refractivity contribution in [2.24, 2.45) is 0 Å². The van der Waals surface area contributed by atoms with Crippen molar-refractivity contribution in [1.29, 1.82) is 0 Å². The Morgan fingerprint density at radius 3 is 3.05 bits per heavy atom. The predicted octanol–water partition coefficient (Wildman–Crippen LogP) is 2.37. The summed E-state index contributed by atoms with van der Waals surface area (Å²) in [5.74, 6) is 1.54. The molecule has 1 fully saturated rings. The molecular weight excluding hydrogens is 275 g/mol. The number of rotatable bonds is 0. The molecule has 0 unspecified atom stereocenters. The van der Waals surface area contributed by atoms with Gasteiger partial charge in [-0.1, -0.05) is 0 Å². The molecular formula is C12H14F3N3S. The van der Waals surface area contributed by atoms with Crippen LogP contribution in [0.1, 0.15) is 12.0 Å². The Balaban J connectivity index is 1.99. The lowest BCUT2D eigenvalue weighted by Crippen LogP contribution is -2.51. The molecule has 0 spiro atoms. The Morgan fingerprint density at radius 1 is 1.42 bits per heavy atom. The highest BCUT2D eigenvalue weighted by atomic mass is 32.2. The molecule has 3 nitrogen and oxygen atoms in total. The molecule has 0 radical (unpaired) electrons. The molecule has 1 atom stereocenters. The Morgan fingerprint density at radius 2 is 2.26 bits per heavy atom. The average molecular weight is 289 g/mol. The molecule has 1 N–H and O–H groups in total. The van der Waals surface area contributed by atoms with Gasteiger partial charge < -0.3 is 10.2 Å². The van der Waals surface area contributed by atoms with Crippen molar-refractivity contribution >= 4 is 17.6 Å². The van der Waals surface area contributed by atoms with Crippen molar-refractivity contribution in [1.82, 2.24) is 10.3 Å². The Labute approximate surface area is 113 Å². The number of halogens is 3. The first-order valence-electron chi connectivity index (χ1n) is 6.23. The predicted molar refractivity (Wildman–Crippen MR) is 68.6 cm³/mol. The largest absolute Gasteiger partial charge is 0.417 e. The van der Waals surface area contributed by atoms with Crippen LogP contribution in [0.4, 0.5) is 19.0 Å². The van der Waals surface area contributed by atoms with Crippen molar-refractivity contribution in [3.8, 4) is 0 Å². The average Bonchev–Trinajstić information content (AvgIpc) is 2.56. The van der Waals surface area contributed by atoms with Gasteiger partial charge in [0.25, 0.3) is 0 Å². The molecule has 1 saturated heterocycles. The molecule has 0 saturated carbocycles. The molecule has 3 rings (SSSR count). The molecule has 3 heterocycles. The van der Waals surface area contributed by atoms with Gasteiger partial charge in [-0.25, -0.2) is 4.98 Å². The maximum Gasteiger partial charge on any atom is 0.417 e. The minimum Gasteiger partial charge on any atom is -0.350 e. The highest BCUT2D eigenvalue weighted by Crippen LogP contribution is 2.38. The van der Waals surface area contributed by atoms with Crippen molar-refractivity contribution < 1.29 is 13.2 Å². The van der Waals surface area contributed by atoms with Crippen LogP contribution < -0.4 is 10.2 Å². The molecule has 0 bridgehead atoms. The number of hydrogen-bond donors (Lipinski definition) is 1. The molecule has 7 heteroatoms. The van der Waals surface area contributed by atoms with Crippen LogP contribution in [0.25, 0.3) is 0 Å². The van der Waals surface area contributed by atoms with E-state index in [2.05, 4.69) is 15.2 Å². The fourth-order valence-electron chi connectivity index (χ4n) is 2.52. The first kappa shape index (κ1) is 13.1. The maximum atomic E-state index is 12.7. The lowest BCUT2D eigenvalue weighted by Gasteiger charge is -2.36. The van der Waals surface area contributed by atoms with E-state index in [1.165, 1.54) is 17.8 Å². The smallest absolute Gasteiger partial charge is 0.350 e. The third kappa shape index (κ3) is 2.53.